The van der Waals surface area contributed by atoms with Crippen molar-refractivity contribution in [2.24, 2.45) is 5.92 Å². The largest absolute Gasteiger partial charge is 0.511 e. The highest BCUT2D eigenvalue weighted by Crippen LogP contribution is 2.33. The number of rotatable bonds is 1. The number of hydrogen-bond acceptors (Lipinski definition) is 4. The molecule has 88 valence electrons. The van der Waals surface area contributed by atoms with Gasteiger partial charge in [0, 0.05) is 12.0 Å². The van der Waals surface area contributed by atoms with E-state index in [4.69, 9.17) is 0 Å². The molecule has 0 aromatic rings. The van der Waals surface area contributed by atoms with Crippen molar-refractivity contribution >= 4 is 11.9 Å². The van der Waals surface area contributed by atoms with Gasteiger partial charge >= 0.3 is 5.97 Å². The van der Waals surface area contributed by atoms with Crippen molar-refractivity contribution in [2.75, 3.05) is 7.11 Å². The van der Waals surface area contributed by atoms with Gasteiger partial charge in [-0.05, 0) is 12.8 Å². The molecule has 0 aromatic heterocycles. The Labute approximate surface area is 93.5 Å². The molecule has 1 saturated carbocycles. The van der Waals surface area contributed by atoms with E-state index in [9.17, 15) is 14.7 Å². The van der Waals surface area contributed by atoms with Crippen LogP contribution in [0.5, 0.6) is 0 Å². The smallest absolute Gasteiger partial charge is 0.346 e. The second-order valence-corrected chi connectivity index (χ2v) is 4.22. The van der Waals surface area contributed by atoms with E-state index >= 15 is 0 Å². The Bertz CT molecular complexity index is 361. The van der Waals surface area contributed by atoms with Crippen molar-refractivity contribution in [1.29, 1.82) is 0 Å². The number of methoxy groups -OCH3 is 1. The first-order valence-corrected chi connectivity index (χ1v) is 5.47. The van der Waals surface area contributed by atoms with Crippen LogP contribution in [0.2, 0.25) is 0 Å². The number of carbonyl (C=O) groups is 2. The zero-order valence-electron chi connectivity index (χ0n) is 9.16. The minimum absolute atomic E-state index is 0.0327. The highest BCUT2D eigenvalue weighted by Gasteiger charge is 2.40. The topological polar surface area (TPSA) is 75.6 Å². The molecule has 2 rings (SSSR count). The van der Waals surface area contributed by atoms with Crippen LogP contribution in [-0.4, -0.2) is 30.1 Å². The van der Waals surface area contributed by atoms with Crippen LogP contribution >= 0.6 is 0 Å². The molecule has 0 aromatic carbocycles. The Kier molecular flexibility index (Phi) is 2.85. The highest BCUT2D eigenvalue weighted by atomic mass is 16.5. The molecule has 1 heterocycles. The molecule has 0 spiro atoms. The van der Waals surface area contributed by atoms with Crippen molar-refractivity contribution in [3.63, 3.8) is 0 Å². The average molecular weight is 225 g/mol. The van der Waals surface area contributed by atoms with E-state index in [1.807, 2.05) is 0 Å². The molecule has 0 saturated heterocycles. The van der Waals surface area contributed by atoms with Crippen LogP contribution < -0.4 is 5.32 Å². The van der Waals surface area contributed by atoms with Crippen molar-refractivity contribution in [3.05, 3.63) is 11.3 Å². The third-order valence-corrected chi connectivity index (χ3v) is 3.31. The summed E-state index contributed by atoms with van der Waals surface area (Å²) in [5.74, 6) is -1.51. The van der Waals surface area contributed by atoms with Gasteiger partial charge in [0.2, 0.25) is 0 Å². The number of nitrogens with one attached hydrogen (secondary N) is 1. The van der Waals surface area contributed by atoms with E-state index in [2.05, 4.69) is 10.1 Å². The fraction of sp³-hybridized carbons (Fsp3) is 0.636. The maximum absolute atomic E-state index is 11.6. The maximum atomic E-state index is 11.6. The number of aliphatic hydroxyl groups is 1. The number of amides is 1. The lowest BCUT2D eigenvalue weighted by atomic mass is 9.79. The molecule has 2 unspecified atom stereocenters. The van der Waals surface area contributed by atoms with Crippen molar-refractivity contribution < 1.29 is 19.4 Å². The molecule has 5 nitrogen and oxygen atoms in total. The number of hydrogen-bond donors (Lipinski definition) is 2. The average Bonchev–Trinajstić information content (AvgIpc) is 2.28. The Morgan fingerprint density at radius 3 is 2.81 bits per heavy atom. The summed E-state index contributed by atoms with van der Waals surface area (Å²) < 4.78 is 4.49. The van der Waals surface area contributed by atoms with Gasteiger partial charge in [-0.15, -0.1) is 0 Å². The molecule has 0 bridgehead atoms. The van der Waals surface area contributed by atoms with Gasteiger partial charge in [-0.2, -0.15) is 0 Å². The number of aliphatic hydroxyl groups excluding tert-OH is 1. The summed E-state index contributed by atoms with van der Waals surface area (Å²) in [5, 5.41) is 12.7. The van der Waals surface area contributed by atoms with Crippen molar-refractivity contribution in [3.8, 4) is 0 Å². The number of ether oxygens (including phenoxy) is 1. The van der Waals surface area contributed by atoms with E-state index in [1.54, 1.807) is 0 Å². The molecule has 16 heavy (non-hydrogen) atoms. The molecule has 5 heteroatoms. The maximum Gasteiger partial charge on any atom is 0.346 e. The van der Waals surface area contributed by atoms with E-state index in [0.717, 1.165) is 25.7 Å². The predicted octanol–water partition coefficient (Wildman–Crippen LogP) is 0.660. The summed E-state index contributed by atoms with van der Waals surface area (Å²) >= 11 is 0. The Morgan fingerprint density at radius 1 is 1.44 bits per heavy atom. The minimum atomic E-state index is -0.765. The van der Waals surface area contributed by atoms with Gasteiger partial charge in [0.15, 0.2) is 5.57 Å². The van der Waals surface area contributed by atoms with Crippen LogP contribution in [-0.2, 0) is 14.3 Å². The quantitative estimate of drug-likeness (QED) is 0.507. The van der Waals surface area contributed by atoms with Crippen LogP contribution in [0.25, 0.3) is 0 Å². The van der Waals surface area contributed by atoms with Crippen molar-refractivity contribution in [2.45, 2.75) is 31.7 Å². The van der Waals surface area contributed by atoms with Gasteiger partial charge in [0.25, 0.3) is 5.91 Å². The first kappa shape index (κ1) is 11.0. The van der Waals surface area contributed by atoms with Crippen LogP contribution in [0.1, 0.15) is 25.7 Å². The third-order valence-electron chi connectivity index (χ3n) is 3.31. The fourth-order valence-corrected chi connectivity index (χ4v) is 2.47. The monoisotopic (exact) mass is 225 g/mol. The number of fused-ring (bicyclic) bond motifs is 1. The van der Waals surface area contributed by atoms with Crippen LogP contribution in [0.15, 0.2) is 11.3 Å². The molecule has 1 aliphatic carbocycles. The lowest BCUT2D eigenvalue weighted by Gasteiger charge is -2.35. The second-order valence-electron chi connectivity index (χ2n) is 4.22. The predicted molar refractivity (Wildman–Crippen MR) is 55.6 cm³/mol. The fourth-order valence-electron chi connectivity index (χ4n) is 2.47. The van der Waals surface area contributed by atoms with E-state index < -0.39 is 11.9 Å². The summed E-state index contributed by atoms with van der Waals surface area (Å²) in [7, 11) is 1.20. The molecule has 1 aliphatic heterocycles. The van der Waals surface area contributed by atoms with Gasteiger partial charge in [-0.1, -0.05) is 12.8 Å². The standard InChI is InChI=1S/C11H15NO4/c1-16-11(15)8-9(13)6-4-2-3-5-7(6)12-10(8)14/h6-7,13H,2-5H2,1H3,(H,12,14). The van der Waals surface area contributed by atoms with E-state index in [0.29, 0.717) is 0 Å². The molecule has 2 aliphatic rings. The molecule has 1 fully saturated rings. The summed E-state index contributed by atoms with van der Waals surface area (Å²) in [5.41, 5.74) is -0.231. The van der Waals surface area contributed by atoms with Crippen molar-refractivity contribution in [1.82, 2.24) is 5.32 Å². The lowest BCUT2D eigenvalue weighted by Crippen LogP contribution is -2.49. The number of carbonyl (C=O) groups excluding carboxylic acids is 2. The molecule has 1 amide bonds. The Morgan fingerprint density at radius 2 is 2.12 bits per heavy atom. The second kappa shape index (κ2) is 4.15. The van der Waals surface area contributed by atoms with Gasteiger partial charge < -0.3 is 15.2 Å². The summed E-state index contributed by atoms with van der Waals surface area (Å²) in [4.78, 5) is 23.0. The minimum Gasteiger partial charge on any atom is -0.511 e. The summed E-state index contributed by atoms with van der Waals surface area (Å²) in [6.07, 6.45) is 3.71. The number of esters is 1. The van der Waals surface area contributed by atoms with Gasteiger partial charge in [0.1, 0.15) is 5.76 Å². The summed E-state index contributed by atoms with van der Waals surface area (Å²) in [6.45, 7) is 0. The summed E-state index contributed by atoms with van der Waals surface area (Å²) in [6, 6.07) is -0.0327. The first-order chi connectivity index (χ1) is 7.65. The van der Waals surface area contributed by atoms with Gasteiger partial charge in [0.05, 0.1) is 7.11 Å². The van der Waals surface area contributed by atoms with Crippen LogP contribution in [0, 0.1) is 5.92 Å². The SMILES string of the molecule is COC(=O)C1=C(O)C2CCCCC2NC1=O. The van der Waals surface area contributed by atoms with Crippen LogP contribution in [0.3, 0.4) is 0 Å². The Hall–Kier alpha value is -1.52. The lowest BCUT2D eigenvalue weighted by molar-refractivity contribution is -0.139. The van der Waals surface area contributed by atoms with Gasteiger partial charge in [-0.3, -0.25) is 4.79 Å². The van der Waals surface area contributed by atoms with E-state index in [1.165, 1.54) is 7.11 Å². The zero-order chi connectivity index (χ0) is 11.7. The normalized spacial score (nSPS) is 29.4. The highest BCUT2D eigenvalue weighted by molar-refractivity contribution is 6.17. The molecule has 2 atom stereocenters. The van der Waals surface area contributed by atoms with Crippen LogP contribution in [0.4, 0.5) is 0 Å². The van der Waals surface area contributed by atoms with Gasteiger partial charge in [-0.25, -0.2) is 4.79 Å². The molecular formula is C11H15NO4. The molecular weight excluding hydrogens is 210 g/mol. The first-order valence-electron chi connectivity index (χ1n) is 5.47. The molecule has 2 N–H and O–H groups in total. The van der Waals surface area contributed by atoms with E-state index in [-0.39, 0.29) is 23.3 Å². The Balaban J connectivity index is 2.34. The zero-order valence-corrected chi connectivity index (χ0v) is 9.16. The third kappa shape index (κ3) is 1.66. The molecule has 0 radical (unpaired) electrons.